The molecule has 0 fully saturated rings. The van der Waals surface area contributed by atoms with Gasteiger partial charge in [-0.25, -0.2) is 0 Å². The second-order valence-electron chi connectivity index (χ2n) is 2.69. The van der Waals surface area contributed by atoms with Gasteiger partial charge in [-0.1, -0.05) is 0 Å². The Kier molecular flexibility index (Phi) is 3.71. The number of halogens is 5. The third-order valence-electron chi connectivity index (χ3n) is 1.56. The van der Waals surface area contributed by atoms with Crippen molar-refractivity contribution >= 4 is 17.4 Å². The summed E-state index contributed by atoms with van der Waals surface area (Å²) in [7, 11) is 0. The molecule has 0 aliphatic carbocycles. The summed E-state index contributed by atoms with van der Waals surface area (Å²) in [5.74, 6) is -5.05. The standard InChI is InChI=1S/C7H3ClF4N2O3/c8-1-3-2-13-6(14(15)16)4(9)5(3)17-7(10,11)12/h2H,1H2. The first-order valence-corrected chi connectivity index (χ1v) is 4.43. The molecule has 1 heterocycles. The molecule has 1 rings (SSSR count). The minimum atomic E-state index is -5.18. The highest BCUT2D eigenvalue weighted by Crippen LogP contribution is 2.33. The van der Waals surface area contributed by atoms with E-state index >= 15 is 0 Å². The van der Waals surface area contributed by atoms with Gasteiger partial charge >= 0.3 is 12.2 Å². The monoisotopic (exact) mass is 274 g/mol. The Labute approximate surface area is 96.1 Å². The van der Waals surface area contributed by atoms with Crippen LogP contribution in [0.15, 0.2) is 6.20 Å². The maximum Gasteiger partial charge on any atom is 0.573 e. The molecule has 0 unspecified atom stereocenters. The lowest BCUT2D eigenvalue weighted by Crippen LogP contribution is -2.19. The van der Waals surface area contributed by atoms with Crippen LogP contribution in [0, 0.1) is 15.9 Å². The zero-order chi connectivity index (χ0) is 13.2. The van der Waals surface area contributed by atoms with E-state index in [9.17, 15) is 27.7 Å². The van der Waals surface area contributed by atoms with Crippen molar-refractivity contribution in [1.29, 1.82) is 0 Å². The Bertz CT molecular complexity index is 451. The van der Waals surface area contributed by atoms with Crippen molar-refractivity contribution in [3.8, 4) is 5.75 Å². The normalized spacial score (nSPS) is 11.4. The molecule has 0 bridgehead atoms. The fourth-order valence-corrected chi connectivity index (χ4v) is 1.14. The molecule has 0 aromatic carbocycles. The van der Waals surface area contributed by atoms with Gasteiger partial charge in [-0.3, -0.25) is 0 Å². The number of rotatable bonds is 3. The number of nitrogens with zero attached hydrogens (tertiary/aromatic N) is 2. The minimum Gasteiger partial charge on any atom is -0.402 e. The predicted molar refractivity (Wildman–Crippen MR) is 47.1 cm³/mol. The third-order valence-corrected chi connectivity index (χ3v) is 1.85. The lowest BCUT2D eigenvalue weighted by molar-refractivity contribution is -0.392. The number of pyridine rings is 1. The Morgan fingerprint density at radius 1 is 1.53 bits per heavy atom. The van der Waals surface area contributed by atoms with Crippen molar-refractivity contribution in [2.75, 3.05) is 0 Å². The van der Waals surface area contributed by atoms with E-state index in [1.165, 1.54) is 0 Å². The highest BCUT2D eigenvalue weighted by Gasteiger charge is 2.36. The summed E-state index contributed by atoms with van der Waals surface area (Å²) in [5, 5.41) is 10.3. The van der Waals surface area contributed by atoms with E-state index in [1.807, 2.05) is 0 Å². The van der Waals surface area contributed by atoms with Crippen LogP contribution in [0.5, 0.6) is 5.75 Å². The molecule has 0 radical (unpaired) electrons. The van der Waals surface area contributed by atoms with Crippen LogP contribution < -0.4 is 4.74 Å². The van der Waals surface area contributed by atoms with Gasteiger partial charge in [0.2, 0.25) is 0 Å². The summed E-state index contributed by atoms with van der Waals surface area (Å²) < 4.78 is 52.5. The Balaban J connectivity index is 3.32. The van der Waals surface area contributed by atoms with Crippen molar-refractivity contribution in [3.05, 3.63) is 27.7 Å². The van der Waals surface area contributed by atoms with Crippen molar-refractivity contribution in [2.24, 2.45) is 0 Å². The van der Waals surface area contributed by atoms with E-state index in [4.69, 9.17) is 11.6 Å². The van der Waals surface area contributed by atoms with Crippen LogP contribution in [0.3, 0.4) is 0 Å². The van der Waals surface area contributed by atoms with E-state index < -0.39 is 40.1 Å². The lowest BCUT2D eigenvalue weighted by atomic mass is 10.2. The lowest BCUT2D eigenvalue weighted by Gasteiger charge is -2.11. The summed E-state index contributed by atoms with van der Waals surface area (Å²) in [4.78, 5) is 12.0. The summed E-state index contributed by atoms with van der Waals surface area (Å²) in [5.41, 5.74) is -0.438. The number of nitro groups is 1. The predicted octanol–water partition coefficient (Wildman–Crippen LogP) is 2.77. The molecule has 0 saturated heterocycles. The number of aromatic nitrogens is 1. The van der Waals surface area contributed by atoms with Gasteiger partial charge < -0.3 is 14.9 Å². The van der Waals surface area contributed by atoms with Crippen LogP contribution in [-0.4, -0.2) is 16.3 Å². The quantitative estimate of drug-likeness (QED) is 0.368. The average Bonchev–Trinajstić information content (AvgIpc) is 2.18. The summed E-state index contributed by atoms with van der Waals surface area (Å²) in [6.07, 6.45) is -4.54. The molecule has 17 heavy (non-hydrogen) atoms. The van der Waals surface area contributed by atoms with Crippen LogP contribution in [-0.2, 0) is 5.88 Å². The highest BCUT2D eigenvalue weighted by atomic mass is 35.5. The van der Waals surface area contributed by atoms with Crippen LogP contribution in [0.4, 0.5) is 23.4 Å². The van der Waals surface area contributed by atoms with Crippen molar-refractivity contribution in [1.82, 2.24) is 4.98 Å². The number of hydrogen-bond acceptors (Lipinski definition) is 4. The zero-order valence-electron chi connectivity index (χ0n) is 7.79. The fraction of sp³-hybridized carbons (Fsp3) is 0.286. The molecule has 0 atom stereocenters. The minimum absolute atomic E-state index is 0.438. The maximum absolute atomic E-state index is 13.3. The van der Waals surface area contributed by atoms with Crippen molar-refractivity contribution in [2.45, 2.75) is 12.2 Å². The topological polar surface area (TPSA) is 65.3 Å². The van der Waals surface area contributed by atoms with E-state index in [0.717, 1.165) is 0 Å². The first-order valence-electron chi connectivity index (χ1n) is 3.89. The van der Waals surface area contributed by atoms with Gasteiger partial charge in [0.05, 0.1) is 11.4 Å². The molecule has 0 saturated carbocycles. The van der Waals surface area contributed by atoms with E-state index in [-0.39, 0.29) is 0 Å². The van der Waals surface area contributed by atoms with Crippen LogP contribution in [0.1, 0.15) is 5.56 Å². The van der Waals surface area contributed by atoms with Crippen LogP contribution >= 0.6 is 11.6 Å². The first kappa shape index (κ1) is 13.4. The molecule has 1 aromatic heterocycles. The van der Waals surface area contributed by atoms with E-state index in [0.29, 0.717) is 6.20 Å². The molecule has 1 aromatic rings. The van der Waals surface area contributed by atoms with Crippen LogP contribution in [0.2, 0.25) is 0 Å². The fourth-order valence-electron chi connectivity index (χ4n) is 0.945. The van der Waals surface area contributed by atoms with Gasteiger partial charge in [-0.15, -0.1) is 24.8 Å². The molecule has 0 N–H and O–H groups in total. The summed E-state index contributed by atoms with van der Waals surface area (Å²) in [6.45, 7) is 0. The summed E-state index contributed by atoms with van der Waals surface area (Å²) in [6, 6.07) is 0. The number of ether oxygens (including phenoxy) is 1. The second-order valence-corrected chi connectivity index (χ2v) is 2.96. The summed E-state index contributed by atoms with van der Waals surface area (Å²) >= 11 is 5.24. The molecule has 0 spiro atoms. The Hall–Kier alpha value is -1.64. The molecule has 5 nitrogen and oxygen atoms in total. The van der Waals surface area contributed by atoms with Gasteiger partial charge in [-0.2, -0.15) is 4.39 Å². The van der Waals surface area contributed by atoms with Gasteiger partial charge in [0.15, 0.2) is 5.75 Å². The maximum atomic E-state index is 13.3. The molecule has 94 valence electrons. The van der Waals surface area contributed by atoms with Gasteiger partial charge in [0.25, 0.3) is 5.82 Å². The SMILES string of the molecule is O=[N+]([O-])c1ncc(CCl)c(OC(F)(F)F)c1F. The van der Waals surface area contributed by atoms with Gasteiger partial charge in [0.1, 0.15) is 6.20 Å². The van der Waals surface area contributed by atoms with Crippen molar-refractivity contribution in [3.63, 3.8) is 0 Å². The second kappa shape index (κ2) is 4.70. The first-order chi connectivity index (χ1) is 7.76. The molecule has 0 aliphatic heterocycles. The van der Waals surface area contributed by atoms with Crippen LogP contribution in [0.25, 0.3) is 0 Å². The van der Waals surface area contributed by atoms with E-state index in [1.54, 1.807) is 0 Å². The smallest absolute Gasteiger partial charge is 0.402 e. The zero-order valence-corrected chi connectivity index (χ0v) is 8.55. The number of hydrogen-bond donors (Lipinski definition) is 0. The molecule has 10 heteroatoms. The molecular formula is C7H3ClF4N2O3. The molecular weight excluding hydrogens is 272 g/mol. The van der Waals surface area contributed by atoms with E-state index in [2.05, 4.69) is 9.72 Å². The average molecular weight is 275 g/mol. The molecule has 0 amide bonds. The largest absolute Gasteiger partial charge is 0.573 e. The van der Waals surface area contributed by atoms with Crippen molar-refractivity contribution < 1.29 is 27.2 Å². The number of alkyl halides is 4. The third kappa shape index (κ3) is 3.16. The van der Waals surface area contributed by atoms with Gasteiger partial charge in [-0.05, 0) is 9.91 Å². The highest BCUT2D eigenvalue weighted by molar-refractivity contribution is 6.17. The molecule has 0 aliphatic rings. The Morgan fingerprint density at radius 2 is 2.12 bits per heavy atom. The Morgan fingerprint density at radius 3 is 2.53 bits per heavy atom. The van der Waals surface area contributed by atoms with Gasteiger partial charge in [0, 0.05) is 0 Å².